The Bertz CT molecular complexity index is 708. The molecule has 24 heavy (non-hydrogen) atoms. The van der Waals surface area contributed by atoms with E-state index in [0.29, 0.717) is 0 Å². The van der Waals surface area contributed by atoms with Crippen LogP contribution in [0.25, 0.3) is 0 Å². The summed E-state index contributed by atoms with van der Waals surface area (Å²) in [5.74, 6) is 0.734. The fourth-order valence-corrected chi connectivity index (χ4v) is 5.47. The van der Waals surface area contributed by atoms with Gasteiger partial charge in [0.25, 0.3) is 0 Å². The number of hydrogen-bond acceptors (Lipinski definition) is 0. The minimum absolute atomic E-state index is 0.498. The van der Waals surface area contributed by atoms with Crippen LogP contribution in [-0.4, -0.2) is 0 Å². The summed E-state index contributed by atoms with van der Waals surface area (Å²) in [7, 11) is -0.498. The minimum Gasteiger partial charge on any atom is -0.0628 e. The molecule has 0 saturated carbocycles. The quantitative estimate of drug-likeness (QED) is 0.555. The second-order valence-electron chi connectivity index (χ2n) is 6.57. The van der Waals surface area contributed by atoms with Gasteiger partial charge in [-0.15, -0.1) is 0 Å². The lowest BCUT2D eigenvalue weighted by Gasteiger charge is -2.22. The summed E-state index contributed by atoms with van der Waals surface area (Å²) in [5, 5.41) is 4.36. The molecule has 0 aliphatic heterocycles. The molecule has 0 N–H and O–H groups in total. The fraction of sp³-hybridized carbons (Fsp3) is 0.217. The molecule has 3 rings (SSSR count). The van der Waals surface area contributed by atoms with Gasteiger partial charge in [0.15, 0.2) is 0 Å². The van der Waals surface area contributed by atoms with Crippen LogP contribution < -0.4 is 15.9 Å². The third-order valence-corrected chi connectivity index (χ3v) is 6.80. The number of benzene rings is 3. The standard InChI is InChI=1S/C23H25P/c1-19(2)17-18-20-11-9-10-16-23(20)24(21-12-5-3-6-13-21)22-14-7-4-8-15-22/h3-16,19H,17-18H2,1-2H3. The summed E-state index contributed by atoms with van der Waals surface area (Å²) < 4.78 is 0. The van der Waals surface area contributed by atoms with E-state index < -0.39 is 7.92 Å². The van der Waals surface area contributed by atoms with Gasteiger partial charge in [-0.25, -0.2) is 0 Å². The average Bonchev–Trinajstić information content (AvgIpc) is 2.63. The summed E-state index contributed by atoms with van der Waals surface area (Å²) in [6.07, 6.45) is 2.40. The smallest absolute Gasteiger partial charge is 0.0119 e. The molecule has 122 valence electrons. The Hall–Kier alpha value is -1.91. The second kappa shape index (κ2) is 8.27. The van der Waals surface area contributed by atoms with Crippen LogP contribution in [0.4, 0.5) is 0 Å². The Morgan fingerprint density at radius 3 is 1.71 bits per heavy atom. The van der Waals surface area contributed by atoms with Crippen molar-refractivity contribution in [2.75, 3.05) is 0 Å². The maximum Gasteiger partial charge on any atom is -0.0119 e. The van der Waals surface area contributed by atoms with Crippen LogP contribution in [0.1, 0.15) is 25.8 Å². The zero-order chi connectivity index (χ0) is 16.8. The molecule has 0 amide bonds. The Morgan fingerprint density at radius 1 is 0.667 bits per heavy atom. The molecular formula is C23H25P. The van der Waals surface area contributed by atoms with Crippen molar-refractivity contribution in [3.8, 4) is 0 Å². The van der Waals surface area contributed by atoms with Gasteiger partial charge >= 0.3 is 0 Å². The van der Waals surface area contributed by atoms with E-state index in [-0.39, 0.29) is 0 Å². The first-order valence-electron chi connectivity index (χ1n) is 8.74. The number of rotatable bonds is 6. The first-order valence-corrected chi connectivity index (χ1v) is 10.1. The highest BCUT2D eigenvalue weighted by Crippen LogP contribution is 2.34. The van der Waals surface area contributed by atoms with Crippen molar-refractivity contribution >= 4 is 23.8 Å². The van der Waals surface area contributed by atoms with Gasteiger partial charge in [0.05, 0.1) is 0 Å². The van der Waals surface area contributed by atoms with Crippen molar-refractivity contribution in [1.82, 2.24) is 0 Å². The molecule has 0 heterocycles. The van der Waals surface area contributed by atoms with E-state index in [9.17, 15) is 0 Å². The highest BCUT2D eigenvalue weighted by molar-refractivity contribution is 7.79. The van der Waals surface area contributed by atoms with Gasteiger partial charge in [-0.05, 0) is 48.2 Å². The third-order valence-electron chi connectivity index (χ3n) is 4.25. The molecular weight excluding hydrogens is 307 g/mol. The van der Waals surface area contributed by atoms with Crippen molar-refractivity contribution in [3.63, 3.8) is 0 Å². The highest BCUT2D eigenvalue weighted by Gasteiger charge is 2.18. The van der Waals surface area contributed by atoms with Crippen LogP contribution in [0.3, 0.4) is 0 Å². The van der Waals surface area contributed by atoms with Crippen LogP contribution >= 0.6 is 7.92 Å². The van der Waals surface area contributed by atoms with Crippen LogP contribution in [0.15, 0.2) is 84.9 Å². The molecule has 0 aliphatic rings. The van der Waals surface area contributed by atoms with Crippen LogP contribution in [-0.2, 0) is 6.42 Å². The number of hydrogen-bond donors (Lipinski definition) is 0. The Balaban J connectivity index is 2.07. The largest absolute Gasteiger partial charge is 0.0628 e. The maximum absolute atomic E-state index is 2.33. The molecule has 3 aromatic rings. The first kappa shape index (κ1) is 16.9. The molecule has 1 heteroatoms. The summed E-state index contributed by atoms with van der Waals surface area (Å²) in [4.78, 5) is 0. The molecule has 0 radical (unpaired) electrons. The number of aryl methyl sites for hydroxylation is 1. The Morgan fingerprint density at radius 2 is 1.17 bits per heavy atom. The Kier molecular flexibility index (Phi) is 5.83. The lowest BCUT2D eigenvalue weighted by atomic mass is 10.0. The van der Waals surface area contributed by atoms with Gasteiger partial charge < -0.3 is 0 Å². The molecule has 3 aromatic carbocycles. The van der Waals surface area contributed by atoms with E-state index in [1.54, 1.807) is 0 Å². The zero-order valence-electron chi connectivity index (χ0n) is 14.5. The second-order valence-corrected chi connectivity index (χ2v) is 8.75. The minimum atomic E-state index is -0.498. The normalized spacial score (nSPS) is 11.2. The van der Waals surface area contributed by atoms with Crippen molar-refractivity contribution < 1.29 is 0 Å². The predicted molar refractivity (Wildman–Crippen MR) is 108 cm³/mol. The van der Waals surface area contributed by atoms with Gasteiger partial charge in [0.2, 0.25) is 0 Å². The zero-order valence-corrected chi connectivity index (χ0v) is 15.4. The van der Waals surface area contributed by atoms with Crippen molar-refractivity contribution in [2.45, 2.75) is 26.7 Å². The van der Waals surface area contributed by atoms with E-state index >= 15 is 0 Å². The topological polar surface area (TPSA) is 0 Å². The first-order chi connectivity index (χ1) is 11.8. The predicted octanol–water partition coefficient (Wildman–Crippen LogP) is 5.03. The van der Waals surface area contributed by atoms with E-state index in [4.69, 9.17) is 0 Å². The van der Waals surface area contributed by atoms with Gasteiger partial charge in [-0.2, -0.15) is 0 Å². The maximum atomic E-state index is 2.33. The van der Waals surface area contributed by atoms with Crippen LogP contribution in [0, 0.1) is 5.92 Å². The SMILES string of the molecule is CC(C)CCc1ccccc1P(c1ccccc1)c1ccccc1. The molecule has 0 aromatic heterocycles. The molecule has 0 spiro atoms. The summed E-state index contributed by atoms with van der Waals surface area (Å²) in [5.41, 5.74) is 1.50. The molecule has 0 saturated heterocycles. The fourth-order valence-electron chi connectivity index (χ4n) is 2.97. The van der Waals surface area contributed by atoms with E-state index in [1.807, 2.05) is 0 Å². The highest BCUT2D eigenvalue weighted by atomic mass is 31.1. The molecule has 0 unspecified atom stereocenters. The average molecular weight is 332 g/mol. The summed E-state index contributed by atoms with van der Waals surface area (Å²) >= 11 is 0. The molecule has 0 aliphatic carbocycles. The summed E-state index contributed by atoms with van der Waals surface area (Å²) in [6.45, 7) is 4.61. The van der Waals surface area contributed by atoms with E-state index in [2.05, 4.69) is 98.8 Å². The van der Waals surface area contributed by atoms with Gasteiger partial charge in [-0.3, -0.25) is 0 Å². The van der Waals surface area contributed by atoms with Gasteiger partial charge in [0, 0.05) is 0 Å². The molecule has 0 nitrogen and oxygen atoms in total. The van der Waals surface area contributed by atoms with Crippen LogP contribution in [0.2, 0.25) is 0 Å². The van der Waals surface area contributed by atoms with Crippen molar-refractivity contribution in [3.05, 3.63) is 90.5 Å². The lowest BCUT2D eigenvalue weighted by molar-refractivity contribution is 0.587. The Labute approximate surface area is 147 Å². The third kappa shape index (κ3) is 4.13. The monoisotopic (exact) mass is 332 g/mol. The van der Waals surface area contributed by atoms with Crippen molar-refractivity contribution in [1.29, 1.82) is 0 Å². The van der Waals surface area contributed by atoms with Gasteiger partial charge in [-0.1, -0.05) is 98.8 Å². The molecule has 0 bridgehead atoms. The van der Waals surface area contributed by atoms with E-state index in [0.717, 1.165) is 12.3 Å². The molecule has 0 atom stereocenters. The van der Waals surface area contributed by atoms with E-state index in [1.165, 1.54) is 27.9 Å². The van der Waals surface area contributed by atoms with Gasteiger partial charge in [0.1, 0.15) is 0 Å². The van der Waals surface area contributed by atoms with Crippen molar-refractivity contribution in [2.24, 2.45) is 5.92 Å². The molecule has 0 fully saturated rings. The summed E-state index contributed by atoms with van der Waals surface area (Å²) in [6, 6.07) is 31.0. The van der Waals surface area contributed by atoms with Crippen LogP contribution in [0.5, 0.6) is 0 Å². The lowest BCUT2D eigenvalue weighted by Crippen LogP contribution is -2.23.